The highest BCUT2D eigenvalue weighted by atomic mass is 16.5. The molecule has 1 atom stereocenters. The van der Waals surface area contributed by atoms with Crippen LogP contribution in [0, 0.1) is 5.92 Å². The van der Waals surface area contributed by atoms with Crippen molar-refractivity contribution in [3.8, 4) is 5.75 Å². The van der Waals surface area contributed by atoms with Gasteiger partial charge in [-0.3, -0.25) is 0 Å². The van der Waals surface area contributed by atoms with Crippen molar-refractivity contribution in [2.75, 3.05) is 12.3 Å². The third-order valence-electron chi connectivity index (χ3n) is 2.13. The molecule has 0 aromatic heterocycles. The third-order valence-corrected chi connectivity index (χ3v) is 2.13. The third kappa shape index (κ3) is 3.44. The van der Waals surface area contributed by atoms with Crippen LogP contribution in [0.2, 0.25) is 0 Å². The van der Waals surface area contributed by atoms with E-state index in [1.165, 1.54) is 0 Å². The summed E-state index contributed by atoms with van der Waals surface area (Å²) in [5.41, 5.74) is 13.3. The Balaban J connectivity index is 2.78. The van der Waals surface area contributed by atoms with Crippen molar-refractivity contribution in [1.82, 2.24) is 0 Å². The Morgan fingerprint density at radius 3 is 2.47 bits per heavy atom. The van der Waals surface area contributed by atoms with E-state index in [9.17, 15) is 0 Å². The molecule has 4 N–H and O–H groups in total. The first-order valence-electron chi connectivity index (χ1n) is 5.28. The summed E-state index contributed by atoms with van der Waals surface area (Å²) >= 11 is 0. The Morgan fingerprint density at radius 2 is 1.93 bits per heavy atom. The highest BCUT2D eigenvalue weighted by Gasteiger charge is 2.06. The van der Waals surface area contributed by atoms with E-state index >= 15 is 0 Å². The number of rotatable bonds is 4. The smallest absolute Gasteiger partial charge is 0.119 e. The molecule has 3 nitrogen and oxygen atoms in total. The summed E-state index contributed by atoms with van der Waals surface area (Å²) in [6.07, 6.45) is 0. The minimum atomic E-state index is -0.0624. The van der Waals surface area contributed by atoms with Crippen LogP contribution < -0.4 is 16.2 Å². The Hall–Kier alpha value is -1.22. The molecule has 0 spiro atoms. The normalized spacial score (nSPS) is 12.9. The number of nitrogens with two attached hydrogens (primary N) is 2. The van der Waals surface area contributed by atoms with E-state index in [1.54, 1.807) is 0 Å². The van der Waals surface area contributed by atoms with E-state index in [4.69, 9.17) is 16.2 Å². The van der Waals surface area contributed by atoms with Gasteiger partial charge in [0.1, 0.15) is 5.75 Å². The van der Waals surface area contributed by atoms with Crippen LogP contribution in [0.3, 0.4) is 0 Å². The Bertz CT molecular complexity index is 321. The largest absolute Gasteiger partial charge is 0.493 e. The second-order valence-electron chi connectivity index (χ2n) is 4.28. The number of benzene rings is 1. The molecule has 15 heavy (non-hydrogen) atoms. The van der Waals surface area contributed by atoms with Crippen LogP contribution in [0.25, 0.3) is 0 Å². The summed E-state index contributed by atoms with van der Waals surface area (Å²) in [6.45, 7) is 6.85. The maximum atomic E-state index is 5.81. The summed E-state index contributed by atoms with van der Waals surface area (Å²) in [7, 11) is 0. The number of nitrogen functional groups attached to an aromatic ring is 1. The lowest BCUT2D eigenvalue weighted by Gasteiger charge is -2.13. The molecular weight excluding hydrogens is 188 g/mol. The average molecular weight is 208 g/mol. The monoisotopic (exact) mass is 208 g/mol. The molecule has 0 radical (unpaired) electrons. The van der Waals surface area contributed by atoms with Gasteiger partial charge >= 0.3 is 0 Å². The van der Waals surface area contributed by atoms with E-state index < -0.39 is 0 Å². The van der Waals surface area contributed by atoms with Crippen LogP contribution in [0.15, 0.2) is 18.2 Å². The fraction of sp³-hybridized carbons (Fsp3) is 0.500. The molecule has 0 bridgehead atoms. The maximum Gasteiger partial charge on any atom is 0.119 e. The van der Waals surface area contributed by atoms with Crippen LogP contribution in [-0.4, -0.2) is 6.61 Å². The highest BCUT2D eigenvalue weighted by molar-refractivity contribution is 5.51. The van der Waals surface area contributed by atoms with Gasteiger partial charge in [0.25, 0.3) is 0 Å². The minimum Gasteiger partial charge on any atom is -0.493 e. The second-order valence-corrected chi connectivity index (χ2v) is 4.28. The second kappa shape index (κ2) is 5.03. The zero-order chi connectivity index (χ0) is 11.4. The molecule has 1 aromatic rings. The zero-order valence-corrected chi connectivity index (χ0v) is 9.66. The molecule has 0 fully saturated rings. The zero-order valence-electron chi connectivity index (χ0n) is 9.66. The quantitative estimate of drug-likeness (QED) is 0.746. The standard InChI is InChI=1S/C12H20N2O/c1-8(2)7-15-10-4-5-12(14)11(6-10)9(3)13/h4-6,8-9H,7,13-14H2,1-3H3. The van der Waals surface area contributed by atoms with Crippen LogP contribution in [0.1, 0.15) is 32.4 Å². The fourth-order valence-corrected chi connectivity index (χ4v) is 1.30. The summed E-state index contributed by atoms with van der Waals surface area (Å²) < 4.78 is 5.60. The first-order valence-corrected chi connectivity index (χ1v) is 5.28. The lowest BCUT2D eigenvalue weighted by molar-refractivity contribution is 0.271. The molecule has 0 saturated carbocycles. The van der Waals surface area contributed by atoms with Gasteiger partial charge < -0.3 is 16.2 Å². The van der Waals surface area contributed by atoms with Crippen molar-refractivity contribution in [3.05, 3.63) is 23.8 Å². The van der Waals surface area contributed by atoms with Crippen LogP contribution >= 0.6 is 0 Å². The number of hydrogen-bond acceptors (Lipinski definition) is 3. The van der Waals surface area contributed by atoms with Gasteiger partial charge in [-0.2, -0.15) is 0 Å². The first-order chi connectivity index (χ1) is 7.00. The molecular formula is C12H20N2O. The summed E-state index contributed by atoms with van der Waals surface area (Å²) in [6, 6.07) is 5.58. The fourth-order valence-electron chi connectivity index (χ4n) is 1.30. The van der Waals surface area contributed by atoms with Crippen molar-refractivity contribution in [3.63, 3.8) is 0 Å². The summed E-state index contributed by atoms with van der Waals surface area (Å²) in [4.78, 5) is 0. The molecule has 1 unspecified atom stereocenters. The predicted molar refractivity (Wildman–Crippen MR) is 63.8 cm³/mol. The Labute approximate surface area is 91.4 Å². The van der Waals surface area contributed by atoms with Gasteiger partial charge in [-0.05, 0) is 36.6 Å². The molecule has 0 saturated heterocycles. The molecule has 0 aliphatic heterocycles. The van der Waals surface area contributed by atoms with E-state index in [1.807, 2.05) is 25.1 Å². The molecule has 1 aromatic carbocycles. The van der Waals surface area contributed by atoms with Crippen molar-refractivity contribution >= 4 is 5.69 Å². The van der Waals surface area contributed by atoms with Gasteiger partial charge in [-0.25, -0.2) is 0 Å². The molecule has 0 aliphatic rings. The van der Waals surface area contributed by atoms with Crippen LogP contribution in [-0.2, 0) is 0 Å². The van der Waals surface area contributed by atoms with E-state index in [0.29, 0.717) is 12.5 Å². The summed E-state index contributed by atoms with van der Waals surface area (Å²) in [5, 5.41) is 0. The lowest BCUT2D eigenvalue weighted by atomic mass is 10.1. The van der Waals surface area contributed by atoms with Crippen LogP contribution in [0.5, 0.6) is 5.75 Å². The number of hydrogen-bond donors (Lipinski definition) is 2. The van der Waals surface area contributed by atoms with Gasteiger partial charge in [0.15, 0.2) is 0 Å². The van der Waals surface area contributed by atoms with E-state index in [0.717, 1.165) is 17.0 Å². The van der Waals surface area contributed by atoms with Gasteiger partial charge in [-0.1, -0.05) is 13.8 Å². The predicted octanol–water partition coefficient (Wildman–Crippen LogP) is 2.32. The van der Waals surface area contributed by atoms with E-state index in [-0.39, 0.29) is 6.04 Å². The highest BCUT2D eigenvalue weighted by Crippen LogP contribution is 2.24. The molecule has 1 rings (SSSR count). The number of anilines is 1. The van der Waals surface area contributed by atoms with Gasteiger partial charge in [-0.15, -0.1) is 0 Å². The van der Waals surface area contributed by atoms with Crippen molar-refractivity contribution in [2.45, 2.75) is 26.8 Å². The molecule has 0 aliphatic carbocycles. The minimum absolute atomic E-state index is 0.0624. The SMILES string of the molecule is CC(C)COc1ccc(N)c(C(C)N)c1. The topological polar surface area (TPSA) is 61.3 Å². The number of ether oxygens (including phenoxy) is 1. The Morgan fingerprint density at radius 1 is 1.27 bits per heavy atom. The summed E-state index contributed by atoms with van der Waals surface area (Å²) in [5.74, 6) is 1.35. The van der Waals surface area contributed by atoms with Crippen LogP contribution in [0.4, 0.5) is 5.69 Å². The lowest BCUT2D eigenvalue weighted by Crippen LogP contribution is -2.09. The molecule has 0 amide bonds. The molecule has 84 valence electrons. The first kappa shape index (κ1) is 11.9. The van der Waals surface area contributed by atoms with Crippen molar-refractivity contribution < 1.29 is 4.74 Å². The van der Waals surface area contributed by atoms with Gasteiger partial charge in [0.2, 0.25) is 0 Å². The average Bonchev–Trinajstić information content (AvgIpc) is 2.16. The van der Waals surface area contributed by atoms with Crippen molar-refractivity contribution in [2.24, 2.45) is 11.7 Å². The molecule has 3 heteroatoms. The van der Waals surface area contributed by atoms with Crippen molar-refractivity contribution in [1.29, 1.82) is 0 Å². The molecule has 0 heterocycles. The van der Waals surface area contributed by atoms with E-state index in [2.05, 4.69) is 13.8 Å². The Kier molecular flexibility index (Phi) is 3.97. The van der Waals surface area contributed by atoms with Gasteiger partial charge in [0.05, 0.1) is 6.61 Å². The van der Waals surface area contributed by atoms with Gasteiger partial charge in [0, 0.05) is 11.7 Å². The maximum absolute atomic E-state index is 5.81.